The molecule has 0 N–H and O–H groups in total. The van der Waals surface area contributed by atoms with Gasteiger partial charge in [-0.25, -0.2) is 0 Å². The van der Waals surface area contributed by atoms with Crippen LogP contribution in [0, 0.1) is 6.92 Å². The molecule has 0 radical (unpaired) electrons. The Kier molecular flexibility index (Phi) is 8.89. The van der Waals surface area contributed by atoms with E-state index in [2.05, 4.69) is 170 Å². The summed E-state index contributed by atoms with van der Waals surface area (Å²) in [4.78, 5) is 5.15. The van der Waals surface area contributed by atoms with Crippen LogP contribution in [0.15, 0.2) is 168 Å². The van der Waals surface area contributed by atoms with Crippen LogP contribution in [0.4, 0.5) is 11.4 Å². The van der Waals surface area contributed by atoms with Crippen molar-refractivity contribution in [3.8, 4) is 33.4 Å². The van der Waals surface area contributed by atoms with E-state index in [0.717, 1.165) is 25.7 Å². The van der Waals surface area contributed by atoms with Crippen LogP contribution in [-0.2, 0) is 6.42 Å². The van der Waals surface area contributed by atoms with Crippen LogP contribution in [0.3, 0.4) is 0 Å². The fourth-order valence-electron chi connectivity index (χ4n) is 6.65. The summed E-state index contributed by atoms with van der Waals surface area (Å²) < 4.78 is 0. The summed E-state index contributed by atoms with van der Waals surface area (Å²) >= 11 is 1.86. The van der Waals surface area contributed by atoms with Crippen molar-refractivity contribution < 1.29 is 0 Å². The Morgan fingerprint density at radius 2 is 1.09 bits per heavy atom. The van der Waals surface area contributed by atoms with Gasteiger partial charge in [0, 0.05) is 22.3 Å². The normalized spacial score (nSPS) is 14.9. The Labute approximate surface area is 278 Å². The monoisotopic (exact) mass is 613 g/mol. The third kappa shape index (κ3) is 6.59. The van der Waals surface area contributed by atoms with Crippen molar-refractivity contribution in [2.45, 2.75) is 43.5 Å². The van der Waals surface area contributed by atoms with Crippen LogP contribution in [0.1, 0.15) is 30.4 Å². The maximum atomic E-state index is 4.50. The van der Waals surface area contributed by atoms with E-state index in [1.54, 1.807) is 0 Å². The number of fused-ring (bicyclic) bond motifs is 1. The Balaban J connectivity index is 1.17. The van der Waals surface area contributed by atoms with Gasteiger partial charge in [-0.15, -0.1) is 0 Å². The first kappa shape index (κ1) is 29.9. The Bertz CT molecular complexity index is 1940. The average Bonchev–Trinajstić information content (AvgIpc) is 3.19. The van der Waals surface area contributed by atoms with E-state index in [-0.39, 0.29) is 0 Å². The highest BCUT2D eigenvalue weighted by Crippen LogP contribution is 2.40. The van der Waals surface area contributed by atoms with Gasteiger partial charge < -0.3 is 4.90 Å². The first-order valence-corrected chi connectivity index (χ1v) is 17.1. The molecule has 1 aliphatic rings. The minimum atomic E-state index is 0.362. The molecule has 0 aliphatic carbocycles. The molecule has 1 nitrogen and oxygen atoms in total. The van der Waals surface area contributed by atoms with E-state index in [4.69, 9.17) is 0 Å². The van der Waals surface area contributed by atoms with E-state index < -0.39 is 0 Å². The number of hydrogen-bond donors (Lipinski definition) is 0. The lowest BCUT2D eigenvalue weighted by atomic mass is 9.94. The molecule has 0 saturated carbocycles. The summed E-state index contributed by atoms with van der Waals surface area (Å²) in [5, 5.41) is 0. The smallest absolute Gasteiger partial charge is 0.0443 e. The zero-order chi connectivity index (χ0) is 31.3. The van der Waals surface area contributed by atoms with Gasteiger partial charge in [0.1, 0.15) is 0 Å². The molecule has 1 aliphatic heterocycles. The SMILES string of the molecule is C=C1CCC(N(c2ccccc2)c2ccccc2C)CCc2cc(-c3ccc(-c4cccc(-c5ccccc5)c4)cc3)ccc2S1. The van der Waals surface area contributed by atoms with Crippen LogP contribution >= 0.6 is 11.8 Å². The fourth-order valence-corrected chi connectivity index (χ4v) is 7.60. The van der Waals surface area contributed by atoms with Gasteiger partial charge in [0.05, 0.1) is 0 Å². The van der Waals surface area contributed by atoms with Gasteiger partial charge in [0.15, 0.2) is 0 Å². The predicted octanol–water partition coefficient (Wildman–Crippen LogP) is 12.5. The number of benzene rings is 6. The topological polar surface area (TPSA) is 3.24 Å². The average molecular weight is 614 g/mol. The molecule has 1 unspecified atom stereocenters. The van der Waals surface area contributed by atoms with Crippen LogP contribution in [0.5, 0.6) is 0 Å². The summed E-state index contributed by atoms with van der Waals surface area (Å²) in [6, 6.07) is 55.5. The third-order valence-electron chi connectivity index (χ3n) is 9.11. The van der Waals surface area contributed by atoms with Gasteiger partial charge in [-0.05, 0) is 112 Å². The van der Waals surface area contributed by atoms with E-state index in [0.29, 0.717) is 6.04 Å². The van der Waals surface area contributed by atoms with Gasteiger partial charge in [-0.1, -0.05) is 140 Å². The number of nitrogens with zero attached hydrogens (tertiary/aromatic N) is 1. The second kappa shape index (κ2) is 13.7. The van der Waals surface area contributed by atoms with Crippen molar-refractivity contribution in [1.29, 1.82) is 0 Å². The quantitative estimate of drug-likeness (QED) is 0.184. The number of hydrogen-bond acceptors (Lipinski definition) is 2. The molecule has 1 atom stereocenters. The van der Waals surface area contributed by atoms with E-state index >= 15 is 0 Å². The van der Waals surface area contributed by atoms with E-state index in [1.807, 2.05) is 11.8 Å². The van der Waals surface area contributed by atoms with Gasteiger partial charge in [-0.2, -0.15) is 0 Å². The van der Waals surface area contributed by atoms with Gasteiger partial charge in [0.2, 0.25) is 0 Å². The lowest BCUT2D eigenvalue weighted by molar-refractivity contribution is 0.558. The van der Waals surface area contributed by atoms with Gasteiger partial charge >= 0.3 is 0 Å². The Morgan fingerprint density at radius 3 is 1.78 bits per heavy atom. The molecule has 1 heterocycles. The van der Waals surface area contributed by atoms with Crippen molar-refractivity contribution in [1.82, 2.24) is 0 Å². The number of para-hydroxylation sites is 2. The van der Waals surface area contributed by atoms with Crippen LogP contribution in [0.25, 0.3) is 33.4 Å². The van der Waals surface area contributed by atoms with Crippen LogP contribution in [0.2, 0.25) is 0 Å². The summed E-state index contributed by atoms with van der Waals surface area (Å²) in [6.45, 7) is 6.73. The van der Waals surface area contributed by atoms with Crippen molar-refractivity contribution in [2.75, 3.05) is 4.90 Å². The van der Waals surface area contributed by atoms with Crippen molar-refractivity contribution in [2.24, 2.45) is 0 Å². The van der Waals surface area contributed by atoms with Crippen molar-refractivity contribution in [3.05, 3.63) is 174 Å². The Hall–Kier alpha value is -4.79. The minimum absolute atomic E-state index is 0.362. The molecule has 6 aromatic carbocycles. The number of rotatable bonds is 6. The zero-order valence-electron chi connectivity index (χ0n) is 26.4. The highest BCUT2D eigenvalue weighted by Gasteiger charge is 2.24. The molecule has 0 aromatic heterocycles. The number of aryl methyl sites for hydroxylation is 2. The third-order valence-corrected chi connectivity index (χ3v) is 10.2. The van der Waals surface area contributed by atoms with Gasteiger partial charge in [0.25, 0.3) is 0 Å². The molecule has 226 valence electrons. The Morgan fingerprint density at radius 1 is 0.543 bits per heavy atom. The van der Waals surface area contributed by atoms with E-state index in [9.17, 15) is 0 Å². The second-order valence-corrected chi connectivity index (χ2v) is 13.4. The van der Waals surface area contributed by atoms with Crippen molar-refractivity contribution in [3.63, 3.8) is 0 Å². The zero-order valence-corrected chi connectivity index (χ0v) is 27.2. The highest BCUT2D eigenvalue weighted by molar-refractivity contribution is 8.03. The maximum absolute atomic E-state index is 4.50. The molecule has 7 rings (SSSR count). The molecule has 0 saturated heterocycles. The first-order valence-electron chi connectivity index (χ1n) is 16.3. The predicted molar refractivity (Wildman–Crippen MR) is 199 cm³/mol. The lowest BCUT2D eigenvalue weighted by Gasteiger charge is -2.35. The highest BCUT2D eigenvalue weighted by atomic mass is 32.2. The molecule has 46 heavy (non-hydrogen) atoms. The number of anilines is 2. The van der Waals surface area contributed by atoms with Gasteiger partial charge in [-0.3, -0.25) is 0 Å². The maximum Gasteiger partial charge on any atom is 0.0443 e. The minimum Gasteiger partial charge on any atom is -0.338 e. The molecule has 2 heteroatoms. The van der Waals surface area contributed by atoms with Crippen molar-refractivity contribution >= 4 is 23.1 Å². The van der Waals surface area contributed by atoms with Crippen LogP contribution < -0.4 is 4.90 Å². The lowest BCUT2D eigenvalue weighted by Crippen LogP contribution is -2.32. The molecule has 0 fully saturated rings. The molecular formula is C44H39NS. The summed E-state index contributed by atoms with van der Waals surface area (Å²) in [5.74, 6) is 0. The molecule has 6 aromatic rings. The molecular weight excluding hydrogens is 575 g/mol. The number of thioether (sulfide) groups is 1. The first-order chi connectivity index (χ1) is 22.6. The standard InChI is InChI=1S/C44H39NS/c1-32-12-9-10-19-43(32)45(41-17-7-4-8-18-41)42-27-20-33(2)46-44-29-26-39(31-40(44)25-28-42)36-23-21-35(22-24-36)38-16-11-15-37(30-38)34-13-5-3-6-14-34/h3-19,21-24,26,29-31,42H,2,20,25,27-28H2,1H3. The largest absolute Gasteiger partial charge is 0.338 e. The second-order valence-electron chi connectivity index (χ2n) is 12.2. The molecule has 0 bridgehead atoms. The summed E-state index contributed by atoms with van der Waals surface area (Å²) in [6.07, 6.45) is 4.17. The fraction of sp³-hybridized carbons (Fsp3) is 0.136. The van der Waals surface area contributed by atoms with Crippen LogP contribution in [-0.4, -0.2) is 6.04 Å². The molecule has 0 amide bonds. The number of allylic oxidation sites excluding steroid dienone is 1. The summed E-state index contributed by atoms with van der Waals surface area (Å²) in [5.41, 5.74) is 12.7. The van der Waals surface area contributed by atoms with E-state index in [1.165, 1.54) is 65.7 Å². The molecule has 0 spiro atoms. The summed E-state index contributed by atoms with van der Waals surface area (Å²) in [7, 11) is 0.